The van der Waals surface area contributed by atoms with Crippen molar-refractivity contribution < 1.29 is 4.79 Å². The molecule has 2 nitrogen and oxygen atoms in total. The van der Waals surface area contributed by atoms with E-state index in [0.29, 0.717) is 0 Å². The van der Waals surface area contributed by atoms with E-state index < -0.39 is 0 Å². The summed E-state index contributed by atoms with van der Waals surface area (Å²) in [5, 5.41) is 0.203. The molecular weight excluding hydrogens is 254 g/mol. The normalized spacial score (nSPS) is 11.4. The van der Waals surface area contributed by atoms with Crippen molar-refractivity contribution in [3.8, 4) is 0 Å². The van der Waals surface area contributed by atoms with Crippen molar-refractivity contribution in [2.45, 2.75) is 39.5 Å². The van der Waals surface area contributed by atoms with Crippen molar-refractivity contribution in [3.05, 3.63) is 35.9 Å². The summed E-state index contributed by atoms with van der Waals surface area (Å²) in [6.45, 7) is 10.2. The molecule has 0 saturated heterocycles. The second-order valence-electron chi connectivity index (χ2n) is 5.28. The molecule has 0 aliphatic rings. The molecule has 0 aromatic heterocycles. The molecule has 3 heteroatoms. The van der Waals surface area contributed by atoms with E-state index >= 15 is 0 Å². The van der Waals surface area contributed by atoms with E-state index in [0.717, 1.165) is 25.3 Å². The molecule has 0 spiro atoms. The van der Waals surface area contributed by atoms with E-state index in [1.807, 2.05) is 24.8 Å². The Hall–Kier alpha value is -0.960. The Morgan fingerprint density at radius 3 is 2.37 bits per heavy atom. The fourth-order valence-corrected chi connectivity index (χ4v) is 2.69. The first-order valence-corrected chi connectivity index (χ1v) is 7.97. The van der Waals surface area contributed by atoms with Crippen molar-refractivity contribution in [1.29, 1.82) is 0 Å². The molecule has 0 atom stereocenters. The van der Waals surface area contributed by atoms with E-state index in [1.54, 1.807) is 0 Å². The molecule has 1 rings (SSSR count). The molecule has 0 aliphatic heterocycles. The average molecular weight is 279 g/mol. The van der Waals surface area contributed by atoms with Gasteiger partial charge in [0.05, 0.1) is 0 Å². The Kier molecular flexibility index (Phi) is 6.43. The van der Waals surface area contributed by atoms with Gasteiger partial charge in [0.1, 0.15) is 0 Å². The highest BCUT2D eigenvalue weighted by Gasteiger charge is 2.22. The first-order chi connectivity index (χ1) is 9.01. The van der Waals surface area contributed by atoms with Crippen LogP contribution in [0.2, 0.25) is 0 Å². The van der Waals surface area contributed by atoms with Gasteiger partial charge in [0, 0.05) is 13.1 Å². The van der Waals surface area contributed by atoms with Gasteiger partial charge in [-0.05, 0) is 30.1 Å². The van der Waals surface area contributed by atoms with Crippen molar-refractivity contribution in [3.63, 3.8) is 0 Å². The van der Waals surface area contributed by atoms with Gasteiger partial charge in [0.2, 0.25) is 0 Å². The molecule has 0 radical (unpaired) electrons. The molecular formula is C16H25NOS. The lowest BCUT2D eigenvalue weighted by Crippen LogP contribution is -2.32. The Bertz CT molecular complexity index is 389. The fraction of sp³-hybridized carbons (Fsp3) is 0.562. The number of amides is 1. The summed E-state index contributed by atoms with van der Waals surface area (Å²) >= 11 is 1.40. The van der Waals surface area contributed by atoms with Crippen molar-refractivity contribution in [1.82, 2.24) is 4.90 Å². The smallest absolute Gasteiger partial charge is 0.281 e. The van der Waals surface area contributed by atoms with E-state index in [2.05, 4.69) is 38.1 Å². The van der Waals surface area contributed by atoms with Crippen LogP contribution in [-0.4, -0.2) is 29.0 Å². The predicted molar refractivity (Wildman–Crippen MR) is 84.9 cm³/mol. The highest BCUT2D eigenvalue weighted by Crippen LogP contribution is 2.27. The van der Waals surface area contributed by atoms with E-state index in [-0.39, 0.29) is 10.7 Å². The third-order valence-electron chi connectivity index (χ3n) is 3.47. The molecule has 0 unspecified atom stereocenters. The zero-order chi connectivity index (χ0) is 14.3. The van der Waals surface area contributed by atoms with Crippen molar-refractivity contribution in [2.24, 2.45) is 0 Å². The lowest BCUT2D eigenvalue weighted by Gasteiger charge is -2.29. The van der Waals surface area contributed by atoms with Crippen LogP contribution in [0.3, 0.4) is 0 Å². The monoisotopic (exact) mass is 279 g/mol. The Morgan fingerprint density at radius 2 is 1.84 bits per heavy atom. The van der Waals surface area contributed by atoms with Crippen LogP contribution in [-0.2, 0) is 5.41 Å². The van der Waals surface area contributed by atoms with Gasteiger partial charge in [-0.3, -0.25) is 4.79 Å². The maximum atomic E-state index is 11.9. The SMILES string of the molecule is CCSC(=O)N(CC)CCC(C)(C)c1ccccc1. The van der Waals surface area contributed by atoms with Crippen LogP contribution < -0.4 is 0 Å². The predicted octanol–water partition coefficient (Wildman–Crippen LogP) is 4.55. The van der Waals surface area contributed by atoms with Gasteiger partial charge >= 0.3 is 0 Å². The average Bonchev–Trinajstić information content (AvgIpc) is 2.40. The topological polar surface area (TPSA) is 20.3 Å². The van der Waals surface area contributed by atoms with Gasteiger partial charge < -0.3 is 4.90 Å². The summed E-state index contributed by atoms with van der Waals surface area (Å²) < 4.78 is 0. The lowest BCUT2D eigenvalue weighted by molar-refractivity contribution is 0.220. The van der Waals surface area contributed by atoms with Crippen LogP contribution in [0, 0.1) is 0 Å². The van der Waals surface area contributed by atoms with Crippen molar-refractivity contribution in [2.75, 3.05) is 18.8 Å². The third kappa shape index (κ3) is 4.90. The molecule has 0 fully saturated rings. The summed E-state index contributed by atoms with van der Waals surface area (Å²) in [7, 11) is 0. The molecule has 106 valence electrons. The molecule has 0 aliphatic carbocycles. The van der Waals surface area contributed by atoms with Gasteiger partial charge in [0.25, 0.3) is 5.24 Å². The van der Waals surface area contributed by atoms with Crippen LogP contribution in [0.4, 0.5) is 4.79 Å². The number of hydrogen-bond acceptors (Lipinski definition) is 2. The molecule has 1 aromatic rings. The third-order valence-corrected chi connectivity index (χ3v) is 4.26. The number of nitrogens with zero attached hydrogens (tertiary/aromatic N) is 1. The number of hydrogen-bond donors (Lipinski definition) is 0. The van der Waals surface area contributed by atoms with Crippen LogP contribution in [0.5, 0.6) is 0 Å². The highest BCUT2D eigenvalue weighted by atomic mass is 32.2. The Morgan fingerprint density at radius 1 is 1.21 bits per heavy atom. The summed E-state index contributed by atoms with van der Waals surface area (Å²) in [5.74, 6) is 0.845. The summed E-state index contributed by atoms with van der Waals surface area (Å²) in [5.41, 5.74) is 1.44. The van der Waals surface area contributed by atoms with Gasteiger partial charge in [-0.1, -0.05) is 62.9 Å². The lowest BCUT2D eigenvalue weighted by atomic mass is 9.81. The molecule has 0 saturated carbocycles. The first kappa shape index (κ1) is 16.1. The second-order valence-corrected chi connectivity index (χ2v) is 6.49. The summed E-state index contributed by atoms with van der Waals surface area (Å²) in [4.78, 5) is 13.9. The molecule has 0 bridgehead atoms. The maximum absolute atomic E-state index is 11.9. The number of rotatable bonds is 6. The largest absolute Gasteiger partial charge is 0.334 e. The number of carbonyl (C=O) groups excluding carboxylic acids is 1. The minimum Gasteiger partial charge on any atom is -0.334 e. The van der Waals surface area contributed by atoms with Crippen molar-refractivity contribution >= 4 is 17.0 Å². The first-order valence-electron chi connectivity index (χ1n) is 6.98. The van der Waals surface area contributed by atoms with Gasteiger partial charge in [-0.25, -0.2) is 0 Å². The summed E-state index contributed by atoms with van der Waals surface area (Å²) in [6.07, 6.45) is 0.987. The molecule has 1 aromatic carbocycles. The number of thioether (sulfide) groups is 1. The minimum atomic E-state index is 0.103. The van der Waals surface area contributed by atoms with Gasteiger partial charge in [0.15, 0.2) is 0 Å². The zero-order valence-electron chi connectivity index (χ0n) is 12.5. The van der Waals surface area contributed by atoms with Crippen LogP contribution in [0.15, 0.2) is 30.3 Å². The minimum absolute atomic E-state index is 0.103. The number of benzene rings is 1. The van der Waals surface area contributed by atoms with E-state index in [4.69, 9.17) is 0 Å². The van der Waals surface area contributed by atoms with Crippen LogP contribution in [0.1, 0.15) is 39.7 Å². The molecule has 1 amide bonds. The quantitative estimate of drug-likeness (QED) is 0.761. The standard InChI is InChI=1S/C16H25NOS/c1-5-17(15(18)19-6-2)13-12-16(3,4)14-10-8-7-9-11-14/h7-11H,5-6,12-13H2,1-4H3. The molecule has 19 heavy (non-hydrogen) atoms. The van der Waals surface area contributed by atoms with E-state index in [9.17, 15) is 4.79 Å². The second kappa shape index (κ2) is 7.59. The Balaban J connectivity index is 2.61. The maximum Gasteiger partial charge on any atom is 0.281 e. The van der Waals surface area contributed by atoms with Gasteiger partial charge in [-0.2, -0.15) is 0 Å². The molecule has 0 heterocycles. The fourth-order valence-electron chi connectivity index (χ4n) is 2.04. The Labute approximate surface area is 121 Å². The van der Waals surface area contributed by atoms with Crippen LogP contribution >= 0.6 is 11.8 Å². The zero-order valence-corrected chi connectivity index (χ0v) is 13.3. The highest BCUT2D eigenvalue weighted by molar-refractivity contribution is 8.13. The van der Waals surface area contributed by atoms with E-state index in [1.165, 1.54) is 17.3 Å². The van der Waals surface area contributed by atoms with Gasteiger partial charge in [-0.15, -0.1) is 0 Å². The number of carbonyl (C=O) groups is 1. The van der Waals surface area contributed by atoms with Crippen LogP contribution in [0.25, 0.3) is 0 Å². The molecule has 0 N–H and O–H groups in total. The summed E-state index contributed by atoms with van der Waals surface area (Å²) in [6, 6.07) is 10.5.